The second-order valence-electron chi connectivity index (χ2n) is 5.72. The number of ether oxygens (including phenoxy) is 1. The summed E-state index contributed by atoms with van der Waals surface area (Å²) in [5.41, 5.74) is 1.92. The maximum atomic E-state index is 12.3. The predicted octanol–water partition coefficient (Wildman–Crippen LogP) is 1.70. The minimum absolute atomic E-state index is 0.00851. The van der Waals surface area contributed by atoms with Gasteiger partial charge in [0.1, 0.15) is 17.4 Å². The van der Waals surface area contributed by atoms with Crippen LogP contribution in [0.4, 0.5) is 0 Å². The molecule has 1 aromatic carbocycles. The Balaban J connectivity index is 2.71. The van der Waals surface area contributed by atoms with Crippen molar-refractivity contribution in [2.75, 3.05) is 19.7 Å². The Kier molecular flexibility index (Phi) is 9.33. The van der Waals surface area contributed by atoms with Crippen molar-refractivity contribution >= 4 is 12.3 Å². The topological polar surface area (TPSA) is 103 Å². The van der Waals surface area contributed by atoms with E-state index in [1.165, 1.54) is 6.20 Å². The van der Waals surface area contributed by atoms with E-state index in [4.69, 9.17) is 4.74 Å². The summed E-state index contributed by atoms with van der Waals surface area (Å²) in [6.07, 6.45) is 2.71. The lowest BCUT2D eigenvalue weighted by molar-refractivity contribution is -0.117. The van der Waals surface area contributed by atoms with Crippen LogP contribution in [0.5, 0.6) is 5.75 Å². The summed E-state index contributed by atoms with van der Waals surface area (Å²) in [6, 6.07) is 7.38. The molecule has 2 amide bonds. The van der Waals surface area contributed by atoms with Gasteiger partial charge in [0.15, 0.2) is 0 Å². The minimum Gasteiger partial charge on any atom is -0.494 e. The molecule has 0 bridgehead atoms. The van der Waals surface area contributed by atoms with E-state index in [1.54, 1.807) is 0 Å². The van der Waals surface area contributed by atoms with Crippen molar-refractivity contribution in [1.82, 2.24) is 16.0 Å². The highest BCUT2D eigenvalue weighted by molar-refractivity contribution is 5.97. The molecule has 3 N–H and O–H groups in total. The van der Waals surface area contributed by atoms with E-state index in [1.807, 2.05) is 45.0 Å². The zero-order valence-corrected chi connectivity index (χ0v) is 15.5. The number of rotatable bonds is 11. The van der Waals surface area contributed by atoms with Crippen molar-refractivity contribution in [3.05, 3.63) is 41.1 Å². The van der Waals surface area contributed by atoms with Crippen LogP contribution in [0, 0.1) is 18.3 Å². The fourth-order valence-electron chi connectivity index (χ4n) is 2.32. The molecular weight excluding hydrogens is 332 g/mol. The smallest absolute Gasteiger partial charge is 0.263 e. The van der Waals surface area contributed by atoms with Crippen LogP contribution >= 0.6 is 0 Å². The van der Waals surface area contributed by atoms with Gasteiger partial charge in [0.25, 0.3) is 5.91 Å². The van der Waals surface area contributed by atoms with Crippen LogP contribution in [0.2, 0.25) is 0 Å². The first-order valence-electron chi connectivity index (χ1n) is 8.58. The van der Waals surface area contributed by atoms with Gasteiger partial charge in [-0.1, -0.05) is 17.7 Å². The monoisotopic (exact) mass is 358 g/mol. The minimum atomic E-state index is -0.456. The summed E-state index contributed by atoms with van der Waals surface area (Å²) in [5.74, 6) is 0.261. The third-order valence-electron chi connectivity index (χ3n) is 3.62. The highest BCUT2D eigenvalue weighted by Gasteiger charge is 2.17. The standard InChI is InChI=1S/C19H26N4O3/c1-4-26-18-7-6-14(2)10-17(18)15(3)23-19(25)16(11-20)12-21-8-5-9-22-13-24/h6-7,10,12-13,15,21H,4-5,8-9H2,1-3H3,(H,22,24)(H,23,25)/b16-12-. The fraction of sp³-hybridized carbons (Fsp3) is 0.421. The summed E-state index contributed by atoms with van der Waals surface area (Å²) in [4.78, 5) is 22.5. The van der Waals surface area contributed by atoms with Crippen molar-refractivity contribution < 1.29 is 14.3 Å². The van der Waals surface area contributed by atoms with Crippen molar-refractivity contribution in [1.29, 1.82) is 5.26 Å². The number of hydrogen-bond donors (Lipinski definition) is 3. The van der Waals surface area contributed by atoms with E-state index in [0.29, 0.717) is 38.3 Å². The van der Waals surface area contributed by atoms with Gasteiger partial charge >= 0.3 is 0 Å². The third kappa shape index (κ3) is 6.85. The summed E-state index contributed by atoms with van der Waals surface area (Å²) in [5, 5.41) is 17.5. The quantitative estimate of drug-likeness (QED) is 0.242. The molecule has 7 heteroatoms. The number of aryl methyl sites for hydroxylation is 1. The van der Waals surface area contributed by atoms with Crippen molar-refractivity contribution in [3.8, 4) is 11.8 Å². The number of carbonyl (C=O) groups excluding carboxylic acids is 2. The molecule has 0 spiro atoms. The van der Waals surface area contributed by atoms with Gasteiger partial charge in [-0.15, -0.1) is 0 Å². The van der Waals surface area contributed by atoms with Crippen LogP contribution in [-0.2, 0) is 9.59 Å². The van der Waals surface area contributed by atoms with Gasteiger partial charge < -0.3 is 20.7 Å². The average molecular weight is 358 g/mol. The van der Waals surface area contributed by atoms with Crippen LogP contribution in [0.25, 0.3) is 0 Å². The number of benzene rings is 1. The largest absolute Gasteiger partial charge is 0.494 e. The summed E-state index contributed by atoms with van der Waals surface area (Å²) < 4.78 is 5.62. The Morgan fingerprint density at radius 1 is 1.35 bits per heavy atom. The second kappa shape index (κ2) is 11.5. The molecule has 0 aliphatic rings. The Labute approximate surface area is 154 Å². The number of carbonyl (C=O) groups is 2. The molecule has 0 heterocycles. The Morgan fingerprint density at radius 3 is 2.73 bits per heavy atom. The molecule has 0 fully saturated rings. The highest BCUT2D eigenvalue weighted by atomic mass is 16.5. The maximum absolute atomic E-state index is 12.3. The molecule has 1 rings (SSSR count). The molecule has 1 atom stereocenters. The first-order chi connectivity index (χ1) is 12.5. The molecule has 0 aromatic heterocycles. The van der Waals surface area contributed by atoms with Gasteiger partial charge in [0, 0.05) is 24.9 Å². The van der Waals surface area contributed by atoms with E-state index in [-0.39, 0.29) is 11.6 Å². The molecule has 0 radical (unpaired) electrons. The highest BCUT2D eigenvalue weighted by Crippen LogP contribution is 2.26. The zero-order valence-electron chi connectivity index (χ0n) is 15.5. The molecule has 1 aromatic rings. The van der Waals surface area contributed by atoms with E-state index in [2.05, 4.69) is 16.0 Å². The Bertz CT molecular complexity index is 680. The van der Waals surface area contributed by atoms with Crippen molar-refractivity contribution in [2.24, 2.45) is 0 Å². The second-order valence-corrected chi connectivity index (χ2v) is 5.72. The molecule has 1 unspecified atom stereocenters. The third-order valence-corrected chi connectivity index (χ3v) is 3.62. The molecule has 0 saturated carbocycles. The first kappa shape index (κ1) is 21.0. The summed E-state index contributed by atoms with van der Waals surface area (Å²) >= 11 is 0. The maximum Gasteiger partial charge on any atom is 0.263 e. The number of nitrogens with one attached hydrogen (secondary N) is 3. The summed E-state index contributed by atoms with van der Waals surface area (Å²) in [6.45, 7) is 7.33. The fourth-order valence-corrected chi connectivity index (χ4v) is 2.32. The molecule has 0 saturated heterocycles. The van der Waals surface area contributed by atoms with Crippen molar-refractivity contribution in [3.63, 3.8) is 0 Å². The molecule has 26 heavy (non-hydrogen) atoms. The summed E-state index contributed by atoms with van der Waals surface area (Å²) in [7, 11) is 0. The number of nitriles is 1. The van der Waals surface area contributed by atoms with Crippen LogP contribution in [0.3, 0.4) is 0 Å². The van der Waals surface area contributed by atoms with Gasteiger partial charge in [-0.2, -0.15) is 5.26 Å². The number of nitrogens with zero attached hydrogens (tertiary/aromatic N) is 1. The van der Waals surface area contributed by atoms with Gasteiger partial charge in [-0.05, 0) is 33.3 Å². The molecule has 0 aliphatic carbocycles. The Morgan fingerprint density at radius 2 is 2.08 bits per heavy atom. The molecule has 7 nitrogen and oxygen atoms in total. The molecule has 140 valence electrons. The normalized spacial score (nSPS) is 11.8. The Hall–Kier alpha value is -3.01. The number of hydrogen-bond acceptors (Lipinski definition) is 5. The average Bonchev–Trinajstić information content (AvgIpc) is 2.62. The lowest BCUT2D eigenvalue weighted by atomic mass is 10.0. The SMILES string of the molecule is CCOc1ccc(C)cc1C(C)NC(=O)/C(C#N)=C\NCCCNC=O. The van der Waals surface area contributed by atoms with Crippen LogP contribution in [-0.4, -0.2) is 32.0 Å². The van der Waals surface area contributed by atoms with Crippen LogP contribution < -0.4 is 20.7 Å². The van der Waals surface area contributed by atoms with E-state index in [0.717, 1.165) is 11.1 Å². The van der Waals surface area contributed by atoms with E-state index >= 15 is 0 Å². The zero-order chi connectivity index (χ0) is 19.4. The lowest BCUT2D eigenvalue weighted by Crippen LogP contribution is -2.29. The lowest BCUT2D eigenvalue weighted by Gasteiger charge is -2.18. The van der Waals surface area contributed by atoms with Gasteiger partial charge in [-0.3, -0.25) is 9.59 Å². The predicted molar refractivity (Wildman–Crippen MR) is 99.3 cm³/mol. The molecule has 0 aliphatic heterocycles. The van der Waals surface area contributed by atoms with Crippen LogP contribution in [0.15, 0.2) is 30.0 Å². The first-order valence-corrected chi connectivity index (χ1v) is 8.58. The number of amides is 2. The van der Waals surface area contributed by atoms with E-state index in [9.17, 15) is 14.9 Å². The van der Waals surface area contributed by atoms with Crippen LogP contribution in [0.1, 0.15) is 37.4 Å². The molecular formula is C19H26N4O3. The van der Waals surface area contributed by atoms with Gasteiger partial charge in [0.05, 0.1) is 12.6 Å². The van der Waals surface area contributed by atoms with E-state index < -0.39 is 5.91 Å². The van der Waals surface area contributed by atoms with Gasteiger partial charge in [-0.25, -0.2) is 0 Å². The van der Waals surface area contributed by atoms with Crippen molar-refractivity contribution in [2.45, 2.75) is 33.2 Å². The van der Waals surface area contributed by atoms with Gasteiger partial charge in [0.2, 0.25) is 6.41 Å².